The summed E-state index contributed by atoms with van der Waals surface area (Å²) in [6, 6.07) is 0.750. The van der Waals surface area contributed by atoms with E-state index in [9.17, 15) is 0 Å². The number of nitrogens with one attached hydrogen (secondary N) is 1. The molecule has 3 atom stereocenters. The van der Waals surface area contributed by atoms with Gasteiger partial charge in [0.15, 0.2) is 0 Å². The molecule has 2 N–H and O–H groups in total. The molecule has 2 heterocycles. The molecule has 110 valence electrons. The first-order valence-electron chi connectivity index (χ1n) is 7.59. The fourth-order valence-electron chi connectivity index (χ4n) is 3.46. The summed E-state index contributed by atoms with van der Waals surface area (Å²) >= 11 is 3.56. The maximum absolute atomic E-state index is 8.97. The lowest BCUT2D eigenvalue weighted by Gasteiger charge is -2.42. The topological polar surface area (TPSA) is 41.5 Å². The van der Waals surface area contributed by atoms with Gasteiger partial charge in [-0.1, -0.05) is 28.1 Å². The summed E-state index contributed by atoms with van der Waals surface area (Å²) in [4.78, 5) is 0. The Hall–Kier alpha value is -0.580. The van der Waals surface area contributed by atoms with E-state index < -0.39 is 0 Å². The van der Waals surface area contributed by atoms with E-state index in [4.69, 9.17) is 9.84 Å². The zero-order valence-corrected chi connectivity index (χ0v) is 13.2. The van der Waals surface area contributed by atoms with Gasteiger partial charge in [0, 0.05) is 28.6 Å². The molecule has 0 spiro atoms. The van der Waals surface area contributed by atoms with Gasteiger partial charge < -0.3 is 15.2 Å². The van der Waals surface area contributed by atoms with Gasteiger partial charge in [-0.25, -0.2) is 0 Å². The Kier molecular flexibility index (Phi) is 4.64. The second-order valence-electron chi connectivity index (χ2n) is 5.78. The molecule has 3 nitrogen and oxygen atoms in total. The van der Waals surface area contributed by atoms with E-state index in [2.05, 4.69) is 39.5 Å². The van der Waals surface area contributed by atoms with Crippen LogP contribution in [-0.4, -0.2) is 30.4 Å². The highest BCUT2D eigenvalue weighted by molar-refractivity contribution is 9.11. The van der Waals surface area contributed by atoms with Gasteiger partial charge in [0.25, 0.3) is 0 Å². The Labute approximate surface area is 128 Å². The Morgan fingerprint density at radius 2 is 2.30 bits per heavy atom. The first-order valence-corrected chi connectivity index (χ1v) is 8.38. The van der Waals surface area contributed by atoms with E-state index in [-0.39, 0.29) is 6.04 Å². The van der Waals surface area contributed by atoms with Gasteiger partial charge in [-0.15, -0.1) is 0 Å². The van der Waals surface area contributed by atoms with Crippen LogP contribution in [0.5, 0.6) is 0 Å². The number of aliphatic hydroxyl groups is 1. The number of aliphatic hydroxyl groups excluding tert-OH is 1. The molecular weight excluding hydrogens is 318 g/mol. The largest absolute Gasteiger partial charge is 0.497 e. The first kappa shape index (κ1) is 14.4. The lowest BCUT2D eigenvalue weighted by Crippen LogP contribution is -2.50. The van der Waals surface area contributed by atoms with Crippen molar-refractivity contribution in [3.63, 3.8) is 0 Å². The summed E-state index contributed by atoms with van der Waals surface area (Å²) in [5.41, 5.74) is 1.29. The van der Waals surface area contributed by atoms with E-state index in [0.717, 1.165) is 36.8 Å². The zero-order chi connectivity index (χ0) is 13.9. The minimum atomic E-state index is 0.278. The molecule has 2 aliphatic heterocycles. The summed E-state index contributed by atoms with van der Waals surface area (Å²) in [5.74, 6) is 1.70. The maximum Gasteiger partial charge on any atom is 0.106 e. The molecule has 3 unspecified atom stereocenters. The number of halogens is 1. The van der Waals surface area contributed by atoms with E-state index >= 15 is 0 Å². The second-order valence-corrected chi connectivity index (χ2v) is 6.69. The van der Waals surface area contributed by atoms with Crippen molar-refractivity contribution in [3.8, 4) is 0 Å². The fourth-order valence-corrected chi connectivity index (χ4v) is 3.86. The van der Waals surface area contributed by atoms with Gasteiger partial charge in [0.1, 0.15) is 5.76 Å². The van der Waals surface area contributed by atoms with Crippen molar-refractivity contribution in [2.75, 3.05) is 13.2 Å². The quantitative estimate of drug-likeness (QED) is 0.773. The monoisotopic (exact) mass is 339 g/mol. The molecule has 0 bridgehead atoms. The highest BCUT2D eigenvalue weighted by Crippen LogP contribution is 2.39. The zero-order valence-electron chi connectivity index (χ0n) is 11.6. The Morgan fingerprint density at radius 1 is 1.40 bits per heavy atom. The van der Waals surface area contributed by atoms with Gasteiger partial charge in [0.05, 0.1) is 12.6 Å². The van der Waals surface area contributed by atoms with Gasteiger partial charge in [-0.3, -0.25) is 0 Å². The molecule has 1 fully saturated rings. The minimum absolute atomic E-state index is 0.278. The number of fused-ring (bicyclic) bond motifs is 2. The van der Waals surface area contributed by atoms with Gasteiger partial charge in [-0.05, 0) is 38.2 Å². The van der Waals surface area contributed by atoms with Crippen LogP contribution in [0.1, 0.15) is 32.1 Å². The summed E-state index contributed by atoms with van der Waals surface area (Å²) in [7, 11) is 0. The van der Waals surface area contributed by atoms with Crippen LogP contribution in [0.3, 0.4) is 0 Å². The van der Waals surface area contributed by atoms with E-state index in [1.807, 2.05) is 0 Å². The van der Waals surface area contributed by atoms with Gasteiger partial charge >= 0.3 is 0 Å². The average molecular weight is 340 g/mol. The summed E-state index contributed by atoms with van der Waals surface area (Å²) in [6.45, 7) is 1.14. The van der Waals surface area contributed by atoms with Crippen LogP contribution in [0.25, 0.3) is 0 Å². The average Bonchev–Trinajstić information content (AvgIpc) is 2.48. The van der Waals surface area contributed by atoms with E-state index in [0.29, 0.717) is 18.6 Å². The number of rotatable bonds is 4. The predicted octanol–water partition coefficient (Wildman–Crippen LogP) is 3.02. The molecular formula is C16H22BrNO2. The van der Waals surface area contributed by atoms with Crippen LogP contribution in [-0.2, 0) is 4.74 Å². The highest BCUT2D eigenvalue weighted by Gasteiger charge is 2.38. The van der Waals surface area contributed by atoms with Crippen LogP contribution >= 0.6 is 15.9 Å². The number of ether oxygens (including phenoxy) is 1. The normalized spacial score (nSPS) is 32.3. The number of hydrogen-bond donors (Lipinski definition) is 2. The van der Waals surface area contributed by atoms with E-state index in [1.165, 1.54) is 17.8 Å². The third-order valence-electron chi connectivity index (χ3n) is 4.42. The van der Waals surface area contributed by atoms with Crippen LogP contribution in [0.15, 0.2) is 34.0 Å². The van der Waals surface area contributed by atoms with Crippen LogP contribution < -0.4 is 5.32 Å². The summed E-state index contributed by atoms with van der Waals surface area (Å²) < 4.78 is 7.14. The number of allylic oxidation sites excluding steroid dienone is 2. The summed E-state index contributed by atoms with van der Waals surface area (Å²) in [5, 5.41) is 12.7. The van der Waals surface area contributed by atoms with Crippen molar-refractivity contribution in [2.45, 2.75) is 44.2 Å². The molecule has 0 radical (unpaired) electrons. The lowest BCUT2D eigenvalue weighted by molar-refractivity contribution is 0.0918. The minimum Gasteiger partial charge on any atom is -0.497 e. The Bertz CT molecular complexity index is 455. The molecule has 0 saturated carbocycles. The second kappa shape index (κ2) is 6.46. The molecule has 0 amide bonds. The molecule has 3 aliphatic rings. The molecule has 3 rings (SSSR count). The SMILES string of the molecule is OCCCCC1NC2C=CC(Br)=CC2=C2OCCCC21. The standard InChI is InChI=1S/C16H22BrNO2/c17-11-6-7-15-13(10-11)16-12(4-3-9-20-16)14(18-15)5-1-2-8-19/h6-7,10,12,14-15,18-19H,1-5,8-9H2. The number of hydrogen-bond acceptors (Lipinski definition) is 3. The smallest absolute Gasteiger partial charge is 0.106 e. The maximum atomic E-state index is 8.97. The Morgan fingerprint density at radius 3 is 3.15 bits per heavy atom. The highest BCUT2D eigenvalue weighted by atomic mass is 79.9. The summed E-state index contributed by atoms with van der Waals surface area (Å²) in [6.07, 6.45) is 11.9. The molecule has 0 aromatic heterocycles. The number of unbranched alkanes of at least 4 members (excludes halogenated alkanes) is 1. The van der Waals surface area contributed by atoms with Crippen molar-refractivity contribution in [1.29, 1.82) is 0 Å². The first-order chi connectivity index (χ1) is 9.79. The van der Waals surface area contributed by atoms with Crippen LogP contribution in [0.4, 0.5) is 0 Å². The predicted molar refractivity (Wildman–Crippen MR) is 83.5 cm³/mol. The van der Waals surface area contributed by atoms with Crippen LogP contribution in [0, 0.1) is 5.92 Å². The third kappa shape index (κ3) is 2.87. The van der Waals surface area contributed by atoms with Crippen LogP contribution in [0.2, 0.25) is 0 Å². The molecule has 0 aromatic rings. The van der Waals surface area contributed by atoms with Crippen molar-refractivity contribution in [3.05, 3.63) is 34.0 Å². The lowest BCUT2D eigenvalue weighted by atomic mass is 9.79. The Balaban J connectivity index is 1.82. The van der Waals surface area contributed by atoms with Crippen molar-refractivity contribution in [1.82, 2.24) is 5.32 Å². The fraction of sp³-hybridized carbons (Fsp3) is 0.625. The molecule has 1 aliphatic carbocycles. The van der Waals surface area contributed by atoms with Gasteiger partial charge in [-0.2, -0.15) is 0 Å². The molecule has 20 heavy (non-hydrogen) atoms. The molecule has 4 heteroatoms. The van der Waals surface area contributed by atoms with E-state index in [1.54, 1.807) is 0 Å². The van der Waals surface area contributed by atoms with Crippen molar-refractivity contribution < 1.29 is 9.84 Å². The molecule has 1 saturated heterocycles. The van der Waals surface area contributed by atoms with Crippen molar-refractivity contribution >= 4 is 15.9 Å². The molecule has 0 aromatic carbocycles. The third-order valence-corrected chi connectivity index (χ3v) is 4.91. The van der Waals surface area contributed by atoms with Gasteiger partial charge in [0.2, 0.25) is 0 Å². The van der Waals surface area contributed by atoms with Crippen molar-refractivity contribution in [2.24, 2.45) is 5.92 Å².